The van der Waals surface area contributed by atoms with Crippen molar-refractivity contribution in [2.24, 2.45) is 0 Å². The number of amides is 1. The highest BCUT2D eigenvalue weighted by Crippen LogP contribution is 2.32. The van der Waals surface area contributed by atoms with Gasteiger partial charge in [0, 0.05) is 13.5 Å². The third kappa shape index (κ3) is 4.98. The van der Waals surface area contributed by atoms with E-state index in [2.05, 4.69) is 0 Å². The maximum absolute atomic E-state index is 12.6. The van der Waals surface area contributed by atoms with Crippen molar-refractivity contribution in [3.63, 3.8) is 0 Å². The Kier molecular flexibility index (Phi) is 5.86. The molecule has 1 aromatic carbocycles. The topological polar surface area (TPSA) is 55.8 Å². The van der Waals surface area contributed by atoms with Crippen LogP contribution in [0.15, 0.2) is 30.3 Å². The van der Waals surface area contributed by atoms with Crippen LogP contribution in [0.4, 0.5) is 4.79 Å². The number of hydrogen-bond acceptors (Lipinski definition) is 4. The molecule has 1 aliphatic rings. The minimum atomic E-state index is -0.553. The van der Waals surface area contributed by atoms with Gasteiger partial charge in [0.2, 0.25) is 0 Å². The molecule has 0 saturated carbocycles. The Morgan fingerprint density at radius 3 is 2.42 bits per heavy atom. The molecule has 1 saturated heterocycles. The van der Waals surface area contributed by atoms with E-state index in [4.69, 9.17) is 9.47 Å². The molecule has 2 atom stereocenters. The van der Waals surface area contributed by atoms with E-state index in [0.717, 1.165) is 24.8 Å². The molecule has 1 aromatic rings. The molecule has 1 amide bonds. The minimum absolute atomic E-state index is 0.208. The number of ether oxygens (including phenoxy) is 2. The second-order valence-corrected chi connectivity index (χ2v) is 7.18. The summed E-state index contributed by atoms with van der Waals surface area (Å²) in [5, 5.41) is 0. The van der Waals surface area contributed by atoms with E-state index in [1.165, 1.54) is 6.92 Å². The molecule has 0 spiro atoms. The maximum atomic E-state index is 12.6. The summed E-state index contributed by atoms with van der Waals surface area (Å²) >= 11 is 0. The summed E-state index contributed by atoms with van der Waals surface area (Å²) < 4.78 is 11.1. The lowest BCUT2D eigenvalue weighted by Crippen LogP contribution is -2.49. The Morgan fingerprint density at radius 1 is 1.17 bits per heavy atom. The Balaban J connectivity index is 2.27. The van der Waals surface area contributed by atoms with Crippen molar-refractivity contribution >= 4 is 12.1 Å². The number of piperidine rings is 1. The zero-order valence-corrected chi connectivity index (χ0v) is 15.0. The molecule has 0 aliphatic carbocycles. The highest BCUT2D eigenvalue weighted by atomic mass is 16.6. The molecule has 24 heavy (non-hydrogen) atoms. The number of esters is 1. The summed E-state index contributed by atoms with van der Waals surface area (Å²) in [6.45, 7) is 7.57. The van der Waals surface area contributed by atoms with Gasteiger partial charge in [0.05, 0.1) is 6.04 Å². The number of nitrogens with zero attached hydrogens (tertiary/aromatic N) is 1. The first-order chi connectivity index (χ1) is 11.3. The van der Waals surface area contributed by atoms with Gasteiger partial charge in [-0.15, -0.1) is 0 Å². The lowest BCUT2D eigenvalue weighted by Gasteiger charge is -2.40. The van der Waals surface area contributed by atoms with E-state index in [1.807, 2.05) is 51.1 Å². The Labute approximate surface area is 143 Å². The second kappa shape index (κ2) is 7.69. The third-order valence-corrected chi connectivity index (χ3v) is 3.95. The Hall–Kier alpha value is -2.04. The minimum Gasteiger partial charge on any atom is -0.455 e. The standard InChI is InChI=1S/C19H27NO4/c1-14(21)23-17(15-10-6-5-7-11-15)16-12-8-9-13-20(16)18(22)24-19(2,3)4/h5-7,10-11,16-17H,8-9,12-13H2,1-4H3/t16-,17-/m0/s1. The first-order valence-electron chi connectivity index (χ1n) is 8.50. The Morgan fingerprint density at radius 2 is 1.83 bits per heavy atom. The van der Waals surface area contributed by atoms with E-state index in [1.54, 1.807) is 4.90 Å². The van der Waals surface area contributed by atoms with Gasteiger partial charge in [0.25, 0.3) is 0 Å². The fourth-order valence-corrected chi connectivity index (χ4v) is 3.01. The van der Waals surface area contributed by atoms with Crippen molar-refractivity contribution < 1.29 is 19.1 Å². The van der Waals surface area contributed by atoms with Crippen LogP contribution in [0.2, 0.25) is 0 Å². The van der Waals surface area contributed by atoms with E-state index in [0.29, 0.717) is 6.54 Å². The molecule has 1 aliphatic heterocycles. The molecule has 0 radical (unpaired) electrons. The van der Waals surface area contributed by atoms with Crippen LogP contribution < -0.4 is 0 Å². The number of likely N-dealkylation sites (tertiary alicyclic amines) is 1. The Bertz CT molecular complexity index is 564. The predicted molar refractivity (Wildman–Crippen MR) is 91.5 cm³/mol. The zero-order chi connectivity index (χ0) is 17.7. The summed E-state index contributed by atoms with van der Waals surface area (Å²) in [6, 6.07) is 9.38. The molecule has 132 valence electrons. The van der Waals surface area contributed by atoms with Crippen LogP contribution in [-0.4, -0.2) is 35.2 Å². The van der Waals surface area contributed by atoms with E-state index in [-0.39, 0.29) is 18.1 Å². The molecule has 0 aromatic heterocycles. The van der Waals surface area contributed by atoms with Crippen molar-refractivity contribution in [1.82, 2.24) is 4.90 Å². The van der Waals surface area contributed by atoms with Gasteiger partial charge in [0.1, 0.15) is 11.7 Å². The average Bonchev–Trinajstić information content (AvgIpc) is 2.52. The number of carbonyl (C=O) groups excluding carboxylic acids is 2. The molecule has 0 unspecified atom stereocenters. The fourth-order valence-electron chi connectivity index (χ4n) is 3.01. The summed E-state index contributed by atoms with van der Waals surface area (Å²) in [7, 11) is 0. The van der Waals surface area contributed by atoms with Crippen LogP contribution in [0.25, 0.3) is 0 Å². The van der Waals surface area contributed by atoms with Crippen LogP contribution in [0.3, 0.4) is 0 Å². The second-order valence-electron chi connectivity index (χ2n) is 7.18. The van der Waals surface area contributed by atoms with Crippen molar-refractivity contribution in [3.8, 4) is 0 Å². The van der Waals surface area contributed by atoms with Gasteiger partial charge in [0.15, 0.2) is 0 Å². The monoisotopic (exact) mass is 333 g/mol. The average molecular weight is 333 g/mol. The van der Waals surface area contributed by atoms with E-state index in [9.17, 15) is 9.59 Å². The number of benzene rings is 1. The molecule has 5 nitrogen and oxygen atoms in total. The molecule has 2 rings (SSSR count). The van der Waals surface area contributed by atoms with Crippen LogP contribution in [0.1, 0.15) is 58.6 Å². The molecule has 0 N–H and O–H groups in total. The van der Waals surface area contributed by atoms with Crippen molar-refractivity contribution in [1.29, 1.82) is 0 Å². The van der Waals surface area contributed by atoms with Crippen LogP contribution in [0.5, 0.6) is 0 Å². The van der Waals surface area contributed by atoms with Crippen LogP contribution in [-0.2, 0) is 14.3 Å². The normalized spacial score (nSPS) is 19.5. The summed E-state index contributed by atoms with van der Waals surface area (Å²) in [5.74, 6) is -0.349. The van der Waals surface area contributed by atoms with Gasteiger partial charge in [-0.25, -0.2) is 4.79 Å². The number of rotatable bonds is 3. The number of hydrogen-bond donors (Lipinski definition) is 0. The predicted octanol–water partition coefficient (Wildman–Crippen LogP) is 4.08. The summed E-state index contributed by atoms with van der Waals surface area (Å²) in [4.78, 5) is 25.9. The molecular weight excluding hydrogens is 306 g/mol. The lowest BCUT2D eigenvalue weighted by atomic mass is 9.93. The summed E-state index contributed by atoms with van der Waals surface area (Å²) in [6.07, 6.45) is 1.88. The molecular formula is C19H27NO4. The molecule has 5 heteroatoms. The van der Waals surface area contributed by atoms with Crippen molar-refractivity contribution in [2.45, 2.75) is 64.7 Å². The molecule has 1 fully saturated rings. The maximum Gasteiger partial charge on any atom is 0.410 e. The van der Waals surface area contributed by atoms with Crippen LogP contribution >= 0.6 is 0 Å². The van der Waals surface area contributed by atoms with Crippen molar-refractivity contribution in [2.75, 3.05) is 6.54 Å². The van der Waals surface area contributed by atoms with Gasteiger partial charge in [-0.3, -0.25) is 4.79 Å². The van der Waals surface area contributed by atoms with Crippen molar-refractivity contribution in [3.05, 3.63) is 35.9 Å². The SMILES string of the molecule is CC(=O)O[C@@H](c1ccccc1)[C@@H]1CCCCN1C(=O)OC(C)(C)C. The van der Waals surface area contributed by atoms with Gasteiger partial charge >= 0.3 is 12.1 Å². The van der Waals surface area contributed by atoms with Gasteiger partial charge in [-0.2, -0.15) is 0 Å². The van der Waals surface area contributed by atoms with Gasteiger partial charge in [-0.05, 0) is 45.6 Å². The van der Waals surface area contributed by atoms with Gasteiger partial charge < -0.3 is 14.4 Å². The van der Waals surface area contributed by atoms with Crippen LogP contribution in [0, 0.1) is 0 Å². The first-order valence-corrected chi connectivity index (χ1v) is 8.50. The van der Waals surface area contributed by atoms with Gasteiger partial charge in [-0.1, -0.05) is 30.3 Å². The highest BCUT2D eigenvalue weighted by molar-refractivity contribution is 5.69. The first kappa shape index (κ1) is 18.3. The zero-order valence-electron chi connectivity index (χ0n) is 15.0. The highest BCUT2D eigenvalue weighted by Gasteiger charge is 2.37. The molecule has 1 heterocycles. The lowest BCUT2D eigenvalue weighted by molar-refractivity contribution is -0.151. The van der Waals surface area contributed by atoms with E-state index < -0.39 is 11.7 Å². The van der Waals surface area contributed by atoms with E-state index >= 15 is 0 Å². The summed E-state index contributed by atoms with van der Waals surface area (Å²) in [5.41, 5.74) is 0.344. The largest absolute Gasteiger partial charge is 0.455 e. The number of carbonyl (C=O) groups is 2. The smallest absolute Gasteiger partial charge is 0.410 e. The quantitative estimate of drug-likeness (QED) is 0.782. The third-order valence-electron chi connectivity index (χ3n) is 3.95. The fraction of sp³-hybridized carbons (Fsp3) is 0.579. The molecule has 0 bridgehead atoms.